The average molecular weight is 244 g/mol. The molecule has 1 aromatic heterocycles. The highest BCUT2D eigenvalue weighted by Gasteiger charge is 2.18. The quantitative estimate of drug-likeness (QED) is 0.877. The van der Waals surface area contributed by atoms with E-state index < -0.39 is 0 Å². The van der Waals surface area contributed by atoms with E-state index in [2.05, 4.69) is 46.1 Å². The normalized spacial score (nSPS) is 17.2. The molecule has 1 N–H and O–H groups in total. The number of hydrogen-bond acceptors (Lipinski definition) is 3. The summed E-state index contributed by atoms with van der Waals surface area (Å²) in [6, 6.07) is 12.8. The first-order chi connectivity index (χ1) is 8.43. The molecule has 0 radical (unpaired) electrons. The minimum Gasteiger partial charge on any atom is -0.317 e. The molecule has 0 spiro atoms. The molecule has 1 saturated heterocycles. The number of piperidine rings is 1. The van der Waals surface area contributed by atoms with Crippen LogP contribution >= 0.6 is 11.5 Å². The lowest BCUT2D eigenvalue weighted by atomic mass is 9.94. The number of rotatable bonds is 2. The number of hydrogen-bond donors (Lipinski definition) is 1. The van der Waals surface area contributed by atoms with Crippen molar-refractivity contribution in [2.45, 2.75) is 18.8 Å². The molecule has 2 nitrogen and oxygen atoms in total. The van der Waals surface area contributed by atoms with E-state index in [9.17, 15) is 0 Å². The van der Waals surface area contributed by atoms with Gasteiger partial charge in [0.1, 0.15) is 0 Å². The van der Waals surface area contributed by atoms with E-state index in [1.807, 2.05) is 0 Å². The molecule has 0 bridgehead atoms. The Morgan fingerprint density at radius 2 is 1.88 bits per heavy atom. The van der Waals surface area contributed by atoms with Crippen LogP contribution in [0.15, 0.2) is 36.4 Å². The Labute approximate surface area is 106 Å². The van der Waals surface area contributed by atoms with Crippen molar-refractivity contribution in [3.8, 4) is 10.4 Å². The fraction of sp³-hybridized carbons (Fsp3) is 0.357. The molecule has 2 heterocycles. The van der Waals surface area contributed by atoms with Gasteiger partial charge in [-0.05, 0) is 49.1 Å². The van der Waals surface area contributed by atoms with Gasteiger partial charge in [0.15, 0.2) is 0 Å². The first kappa shape index (κ1) is 10.9. The molecule has 88 valence electrons. The molecule has 17 heavy (non-hydrogen) atoms. The van der Waals surface area contributed by atoms with Crippen molar-refractivity contribution in [3.05, 3.63) is 42.1 Å². The van der Waals surface area contributed by atoms with Crippen LogP contribution in [0.2, 0.25) is 0 Å². The highest BCUT2D eigenvalue weighted by atomic mass is 32.1. The summed E-state index contributed by atoms with van der Waals surface area (Å²) in [5.74, 6) is 0.657. The van der Waals surface area contributed by atoms with E-state index in [4.69, 9.17) is 0 Å². The number of benzene rings is 1. The monoisotopic (exact) mass is 244 g/mol. The molecule has 0 atom stereocenters. The number of nitrogens with one attached hydrogen (secondary N) is 1. The molecule has 2 aromatic rings. The molecule has 1 fully saturated rings. The summed E-state index contributed by atoms with van der Waals surface area (Å²) < 4.78 is 4.63. The smallest absolute Gasteiger partial charge is 0.0580 e. The van der Waals surface area contributed by atoms with Crippen LogP contribution in [0.3, 0.4) is 0 Å². The lowest BCUT2D eigenvalue weighted by Crippen LogP contribution is -2.26. The SMILES string of the molecule is c1ccc(-c2cc(C3CCNCC3)ns2)cc1. The van der Waals surface area contributed by atoms with Crippen molar-refractivity contribution >= 4 is 11.5 Å². The molecule has 1 aliphatic heterocycles. The summed E-state index contributed by atoms with van der Waals surface area (Å²) in [5, 5.41) is 3.40. The van der Waals surface area contributed by atoms with Crippen LogP contribution < -0.4 is 5.32 Å². The van der Waals surface area contributed by atoms with E-state index in [1.165, 1.54) is 29.0 Å². The Balaban J connectivity index is 1.83. The van der Waals surface area contributed by atoms with Gasteiger partial charge in [-0.15, -0.1) is 0 Å². The summed E-state index contributed by atoms with van der Waals surface area (Å²) in [7, 11) is 0. The summed E-state index contributed by atoms with van der Waals surface area (Å²) >= 11 is 1.63. The van der Waals surface area contributed by atoms with E-state index in [1.54, 1.807) is 11.5 Å². The lowest BCUT2D eigenvalue weighted by molar-refractivity contribution is 0.455. The van der Waals surface area contributed by atoms with Crippen molar-refractivity contribution in [1.82, 2.24) is 9.69 Å². The Bertz CT molecular complexity index is 472. The lowest BCUT2D eigenvalue weighted by Gasteiger charge is -2.20. The van der Waals surface area contributed by atoms with Gasteiger partial charge in [0.2, 0.25) is 0 Å². The van der Waals surface area contributed by atoms with E-state index in [0.717, 1.165) is 13.1 Å². The highest BCUT2D eigenvalue weighted by Crippen LogP contribution is 2.31. The molecule has 0 saturated carbocycles. The highest BCUT2D eigenvalue weighted by molar-refractivity contribution is 7.09. The van der Waals surface area contributed by atoms with Gasteiger partial charge in [-0.1, -0.05) is 30.3 Å². The molecule has 1 aromatic carbocycles. The van der Waals surface area contributed by atoms with Crippen molar-refractivity contribution in [2.24, 2.45) is 0 Å². The van der Waals surface area contributed by atoms with Gasteiger partial charge >= 0.3 is 0 Å². The van der Waals surface area contributed by atoms with E-state index in [-0.39, 0.29) is 0 Å². The zero-order valence-electron chi connectivity index (χ0n) is 9.73. The van der Waals surface area contributed by atoms with Gasteiger partial charge in [-0.3, -0.25) is 0 Å². The van der Waals surface area contributed by atoms with Gasteiger partial charge in [0, 0.05) is 5.92 Å². The third-order valence-electron chi connectivity index (χ3n) is 3.34. The van der Waals surface area contributed by atoms with Crippen LogP contribution in [0.5, 0.6) is 0 Å². The number of aromatic nitrogens is 1. The van der Waals surface area contributed by atoms with Gasteiger partial charge in [0.05, 0.1) is 10.6 Å². The predicted molar refractivity (Wildman–Crippen MR) is 72.4 cm³/mol. The fourth-order valence-electron chi connectivity index (χ4n) is 2.34. The second kappa shape index (κ2) is 4.98. The number of nitrogens with zero attached hydrogens (tertiary/aromatic N) is 1. The van der Waals surface area contributed by atoms with Crippen LogP contribution in [0, 0.1) is 0 Å². The van der Waals surface area contributed by atoms with Crippen molar-refractivity contribution < 1.29 is 0 Å². The van der Waals surface area contributed by atoms with Crippen molar-refractivity contribution in [2.75, 3.05) is 13.1 Å². The van der Waals surface area contributed by atoms with Crippen LogP contribution in [0.4, 0.5) is 0 Å². The van der Waals surface area contributed by atoms with Gasteiger partial charge in [-0.25, -0.2) is 0 Å². The Morgan fingerprint density at radius 3 is 2.65 bits per heavy atom. The average Bonchev–Trinajstić information content (AvgIpc) is 2.90. The minimum absolute atomic E-state index is 0.657. The summed E-state index contributed by atoms with van der Waals surface area (Å²) in [5.41, 5.74) is 2.57. The molecule has 0 amide bonds. The Morgan fingerprint density at radius 1 is 1.12 bits per heavy atom. The maximum atomic E-state index is 4.63. The van der Waals surface area contributed by atoms with Gasteiger partial charge in [-0.2, -0.15) is 4.37 Å². The van der Waals surface area contributed by atoms with Crippen LogP contribution in [-0.2, 0) is 0 Å². The van der Waals surface area contributed by atoms with Gasteiger partial charge in [0.25, 0.3) is 0 Å². The van der Waals surface area contributed by atoms with E-state index in [0.29, 0.717) is 5.92 Å². The summed E-state index contributed by atoms with van der Waals surface area (Å²) in [6.07, 6.45) is 2.44. The Kier molecular flexibility index (Phi) is 3.20. The fourth-order valence-corrected chi connectivity index (χ4v) is 3.16. The van der Waals surface area contributed by atoms with Gasteiger partial charge < -0.3 is 5.32 Å². The van der Waals surface area contributed by atoms with E-state index >= 15 is 0 Å². The zero-order valence-corrected chi connectivity index (χ0v) is 10.5. The van der Waals surface area contributed by atoms with Crippen LogP contribution in [0.1, 0.15) is 24.5 Å². The maximum Gasteiger partial charge on any atom is 0.0580 e. The van der Waals surface area contributed by atoms with Crippen molar-refractivity contribution in [3.63, 3.8) is 0 Å². The Hall–Kier alpha value is -1.19. The maximum absolute atomic E-state index is 4.63. The van der Waals surface area contributed by atoms with Crippen molar-refractivity contribution in [1.29, 1.82) is 0 Å². The molecule has 3 rings (SSSR count). The predicted octanol–water partition coefficient (Wildman–Crippen LogP) is 3.28. The molecule has 0 unspecified atom stereocenters. The minimum atomic E-state index is 0.657. The van der Waals surface area contributed by atoms with Crippen LogP contribution in [-0.4, -0.2) is 17.5 Å². The summed E-state index contributed by atoms with van der Waals surface area (Å²) in [6.45, 7) is 2.26. The molecule has 0 aliphatic carbocycles. The molecular weight excluding hydrogens is 228 g/mol. The second-order valence-corrected chi connectivity index (χ2v) is 5.31. The second-order valence-electron chi connectivity index (χ2n) is 4.51. The standard InChI is InChI=1S/C14H16N2S/c1-2-4-12(5-3-1)14-10-13(16-17-14)11-6-8-15-9-7-11/h1-5,10-11,15H,6-9H2. The third kappa shape index (κ3) is 2.40. The summed E-state index contributed by atoms with van der Waals surface area (Å²) in [4.78, 5) is 1.29. The van der Waals surface area contributed by atoms with Crippen LogP contribution in [0.25, 0.3) is 10.4 Å². The third-order valence-corrected chi connectivity index (χ3v) is 4.20. The molecular formula is C14H16N2S. The zero-order chi connectivity index (χ0) is 11.5. The molecule has 3 heteroatoms. The first-order valence-corrected chi connectivity index (χ1v) is 6.93. The first-order valence-electron chi connectivity index (χ1n) is 6.16. The largest absolute Gasteiger partial charge is 0.317 e. The molecule has 1 aliphatic rings. The topological polar surface area (TPSA) is 24.9 Å².